The Bertz CT molecular complexity index is 1710. The first-order chi connectivity index (χ1) is 27.0. The van der Waals surface area contributed by atoms with E-state index >= 15 is 4.79 Å². The summed E-state index contributed by atoms with van der Waals surface area (Å²) in [7, 11) is 0. The van der Waals surface area contributed by atoms with Crippen LogP contribution in [0.15, 0.2) is 60.7 Å². The van der Waals surface area contributed by atoms with Crippen molar-refractivity contribution >= 4 is 47.3 Å². The van der Waals surface area contributed by atoms with Crippen LogP contribution >= 0.6 is 0 Å². The average Bonchev–Trinajstić information content (AvgIpc) is 3.21. The standard InChI is InChI=1S/C40H52N8O8/c41-39(55)37(27-13-5-1-6-14-27)46-25-33(51)42-21-32(50)45-24-36(54)47(26-34(52)43-22-31(49)44-23-35(46)53)38(28-15-7-2-8-16-28)40(56)48(29-17-9-3-10-18-29)30-19-11-4-12-20-30/h1-2,5-8,13-16,29-30,37-38H,3-4,9-12,17-26H2,(H2,41,55)(H,42,51)(H,43,52)(H,44,49)(H,45,50). The Kier molecular flexibility index (Phi) is 14.9. The van der Waals surface area contributed by atoms with E-state index in [0.717, 1.165) is 74.0 Å². The summed E-state index contributed by atoms with van der Waals surface area (Å²) in [5.41, 5.74) is 6.48. The molecule has 2 aliphatic carbocycles. The number of carbonyl (C=O) groups excluding carboxylic acids is 8. The minimum Gasteiger partial charge on any atom is -0.368 e. The summed E-state index contributed by atoms with van der Waals surface area (Å²) < 4.78 is 0. The minimum atomic E-state index is -1.39. The van der Waals surface area contributed by atoms with Crippen LogP contribution in [0.4, 0.5) is 0 Å². The molecule has 16 nitrogen and oxygen atoms in total. The predicted octanol–water partition coefficient (Wildman–Crippen LogP) is 0.584. The first-order valence-corrected chi connectivity index (χ1v) is 19.4. The summed E-state index contributed by atoms with van der Waals surface area (Å²) in [4.78, 5) is 112. The summed E-state index contributed by atoms with van der Waals surface area (Å²) in [5.74, 6) is -5.91. The van der Waals surface area contributed by atoms with E-state index in [4.69, 9.17) is 5.73 Å². The lowest BCUT2D eigenvalue weighted by atomic mass is 9.87. The molecule has 56 heavy (non-hydrogen) atoms. The molecule has 0 bridgehead atoms. The van der Waals surface area contributed by atoms with Crippen LogP contribution in [0.25, 0.3) is 0 Å². The second-order valence-electron chi connectivity index (χ2n) is 14.5. The summed E-state index contributed by atoms with van der Waals surface area (Å²) in [5, 5.41) is 9.74. The summed E-state index contributed by atoms with van der Waals surface area (Å²) in [6, 6.07) is 14.1. The molecule has 5 rings (SSSR count). The quantitative estimate of drug-likeness (QED) is 0.255. The smallest absolute Gasteiger partial charge is 0.250 e. The van der Waals surface area contributed by atoms with Gasteiger partial charge in [0.15, 0.2) is 0 Å². The molecule has 2 atom stereocenters. The van der Waals surface area contributed by atoms with Crippen LogP contribution < -0.4 is 27.0 Å². The number of nitrogens with zero attached hydrogens (tertiary/aromatic N) is 3. The molecule has 1 heterocycles. The van der Waals surface area contributed by atoms with Gasteiger partial charge in [-0.2, -0.15) is 0 Å². The van der Waals surface area contributed by atoms with Gasteiger partial charge in [-0.1, -0.05) is 99.2 Å². The van der Waals surface area contributed by atoms with Crippen molar-refractivity contribution in [3.05, 3.63) is 71.8 Å². The summed E-state index contributed by atoms with van der Waals surface area (Å²) in [6.45, 7) is -3.80. The van der Waals surface area contributed by atoms with Gasteiger partial charge in [0.05, 0.1) is 26.2 Å². The van der Waals surface area contributed by atoms with E-state index in [-0.39, 0.29) is 18.0 Å². The zero-order chi connectivity index (χ0) is 40.0. The van der Waals surface area contributed by atoms with E-state index in [9.17, 15) is 33.6 Å². The van der Waals surface area contributed by atoms with Crippen molar-refractivity contribution < 1.29 is 38.4 Å². The van der Waals surface area contributed by atoms with Crippen molar-refractivity contribution in [3.63, 3.8) is 0 Å². The highest BCUT2D eigenvalue weighted by Crippen LogP contribution is 2.34. The second-order valence-corrected chi connectivity index (χ2v) is 14.5. The van der Waals surface area contributed by atoms with E-state index in [0.29, 0.717) is 11.1 Å². The third-order valence-corrected chi connectivity index (χ3v) is 10.6. The molecule has 6 N–H and O–H groups in total. The molecule has 2 aromatic carbocycles. The van der Waals surface area contributed by atoms with Crippen LogP contribution in [0.3, 0.4) is 0 Å². The fourth-order valence-corrected chi connectivity index (χ4v) is 7.84. The van der Waals surface area contributed by atoms with Crippen molar-refractivity contribution in [2.24, 2.45) is 5.73 Å². The molecule has 16 heteroatoms. The molecule has 0 radical (unpaired) electrons. The van der Waals surface area contributed by atoms with Gasteiger partial charge in [0.2, 0.25) is 41.4 Å². The average molecular weight is 773 g/mol. The zero-order valence-corrected chi connectivity index (χ0v) is 31.6. The Labute approximate surface area is 326 Å². The lowest BCUT2D eigenvalue weighted by Crippen LogP contribution is -2.56. The summed E-state index contributed by atoms with van der Waals surface area (Å²) in [6.07, 6.45) is 9.44. The van der Waals surface area contributed by atoms with Crippen LogP contribution in [0.2, 0.25) is 0 Å². The van der Waals surface area contributed by atoms with E-state index < -0.39 is 92.7 Å². The van der Waals surface area contributed by atoms with E-state index in [1.165, 1.54) is 0 Å². The number of rotatable bonds is 8. The van der Waals surface area contributed by atoms with Gasteiger partial charge in [-0.05, 0) is 36.8 Å². The fraction of sp³-hybridized carbons (Fsp3) is 0.500. The molecule has 0 spiro atoms. The van der Waals surface area contributed by atoms with Gasteiger partial charge in [-0.15, -0.1) is 0 Å². The normalized spacial score (nSPS) is 20.4. The number of hydrogen-bond acceptors (Lipinski definition) is 8. The molecule has 2 aromatic rings. The zero-order valence-electron chi connectivity index (χ0n) is 31.6. The lowest BCUT2D eigenvalue weighted by molar-refractivity contribution is -0.152. The van der Waals surface area contributed by atoms with Crippen molar-refractivity contribution in [2.75, 3.05) is 39.3 Å². The maximum atomic E-state index is 15.1. The number of nitrogens with one attached hydrogen (secondary N) is 4. The minimum absolute atomic E-state index is 0.0218. The van der Waals surface area contributed by atoms with Crippen molar-refractivity contribution in [2.45, 2.75) is 88.4 Å². The van der Waals surface area contributed by atoms with Crippen LogP contribution in [-0.2, 0) is 38.4 Å². The number of carbonyl (C=O) groups is 8. The third kappa shape index (κ3) is 11.1. The molecule has 0 aromatic heterocycles. The number of nitrogens with two attached hydrogens (primary N) is 1. The van der Waals surface area contributed by atoms with E-state index in [2.05, 4.69) is 21.3 Å². The van der Waals surface area contributed by atoms with E-state index in [1.54, 1.807) is 60.7 Å². The fourth-order valence-electron chi connectivity index (χ4n) is 7.84. The topological polar surface area (TPSA) is 220 Å². The molecular formula is C40H52N8O8. The monoisotopic (exact) mass is 772 g/mol. The molecule has 300 valence electrons. The van der Waals surface area contributed by atoms with Crippen molar-refractivity contribution in [1.82, 2.24) is 36.0 Å². The Morgan fingerprint density at radius 2 is 0.911 bits per heavy atom. The third-order valence-electron chi connectivity index (χ3n) is 10.6. The predicted molar refractivity (Wildman–Crippen MR) is 204 cm³/mol. The highest BCUT2D eigenvalue weighted by Gasteiger charge is 2.41. The molecule has 3 aliphatic rings. The van der Waals surface area contributed by atoms with Gasteiger partial charge >= 0.3 is 0 Å². The van der Waals surface area contributed by atoms with Crippen LogP contribution in [0, 0.1) is 0 Å². The van der Waals surface area contributed by atoms with E-state index in [1.807, 2.05) is 4.90 Å². The number of hydrogen-bond donors (Lipinski definition) is 5. The first-order valence-electron chi connectivity index (χ1n) is 19.4. The highest BCUT2D eigenvalue weighted by molar-refractivity contribution is 5.97. The number of primary amides is 1. The highest BCUT2D eigenvalue weighted by atomic mass is 16.2. The van der Waals surface area contributed by atoms with Crippen LogP contribution in [-0.4, -0.2) is 113 Å². The van der Waals surface area contributed by atoms with Gasteiger partial charge < -0.3 is 41.7 Å². The molecule has 3 fully saturated rings. The number of benzene rings is 2. The maximum Gasteiger partial charge on any atom is 0.250 e. The van der Waals surface area contributed by atoms with Crippen LogP contribution in [0.1, 0.15) is 87.4 Å². The molecule has 8 amide bonds. The van der Waals surface area contributed by atoms with Crippen LogP contribution in [0.5, 0.6) is 0 Å². The SMILES string of the molecule is NC(=O)C(c1ccccc1)N1CC(=O)NCC(=O)NCC(=O)N(C(C(=O)N(C2CCCCC2)C2CCCCC2)c2ccccc2)CC(=O)NCC(=O)NCC1=O. The second kappa shape index (κ2) is 20.2. The van der Waals surface area contributed by atoms with Gasteiger partial charge in [-0.25, -0.2) is 0 Å². The Hall–Kier alpha value is -5.80. The largest absolute Gasteiger partial charge is 0.368 e. The van der Waals surface area contributed by atoms with Gasteiger partial charge in [-0.3, -0.25) is 38.4 Å². The van der Waals surface area contributed by atoms with Gasteiger partial charge in [0.1, 0.15) is 25.2 Å². The Morgan fingerprint density at radius 1 is 0.536 bits per heavy atom. The Morgan fingerprint density at radius 3 is 1.32 bits per heavy atom. The molecule has 1 saturated heterocycles. The Balaban J connectivity index is 1.42. The number of amides is 8. The van der Waals surface area contributed by atoms with Crippen molar-refractivity contribution in [1.29, 1.82) is 0 Å². The van der Waals surface area contributed by atoms with Gasteiger partial charge in [0.25, 0.3) is 5.91 Å². The first kappa shape index (κ1) is 41.4. The van der Waals surface area contributed by atoms with Gasteiger partial charge in [0, 0.05) is 12.1 Å². The van der Waals surface area contributed by atoms with Crippen molar-refractivity contribution in [3.8, 4) is 0 Å². The summed E-state index contributed by atoms with van der Waals surface area (Å²) >= 11 is 0. The maximum absolute atomic E-state index is 15.1. The lowest BCUT2D eigenvalue weighted by Gasteiger charge is -2.45. The molecular weight excluding hydrogens is 720 g/mol. The molecule has 2 unspecified atom stereocenters. The molecule has 1 aliphatic heterocycles. The molecule has 2 saturated carbocycles.